The van der Waals surface area contributed by atoms with E-state index in [1.54, 1.807) is 6.07 Å². The number of hydrogen-bond acceptors (Lipinski definition) is 2. The fourth-order valence-corrected chi connectivity index (χ4v) is 2.59. The van der Waals surface area contributed by atoms with E-state index in [0.29, 0.717) is 10.8 Å². The lowest BCUT2D eigenvalue weighted by Crippen LogP contribution is -2.28. The van der Waals surface area contributed by atoms with Gasteiger partial charge in [-0.05, 0) is 37.1 Å². The minimum Gasteiger partial charge on any atom is -0.489 e. The zero-order valence-electron chi connectivity index (χ0n) is 10.9. The second-order valence-corrected chi connectivity index (χ2v) is 5.52. The molecule has 1 N–H and O–H groups in total. The molecule has 0 saturated heterocycles. The molecule has 3 rings (SSSR count). The number of hydrogen-bond donors (Lipinski definition) is 1. The van der Waals surface area contributed by atoms with Crippen LogP contribution in [0.2, 0.25) is 5.02 Å². The fourth-order valence-electron chi connectivity index (χ4n) is 2.43. The van der Waals surface area contributed by atoms with E-state index in [2.05, 4.69) is 0 Å². The van der Waals surface area contributed by atoms with Gasteiger partial charge in [-0.25, -0.2) is 0 Å². The van der Waals surface area contributed by atoms with Crippen molar-refractivity contribution in [3.8, 4) is 5.75 Å². The van der Waals surface area contributed by atoms with Gasteiger partial charge >= 0.3 is 0 Å². The van der Waals surface area contributed by atoms with Crippen LogP contribution in [-0.4, -0.2) is 11.7 Å². The van der Waals surface area contributed by atoms with Gasteiger partial charge in [-0.1, -0.05) is 41.4 Å². The molecule has 1 heterocycles. The molecule has 2 nitrogen and oxygen atoms in total. The summed E-state index contributed by atoms with van der Waals surface area (Å²) in [6.07, 6.45) is 0. The van der Waals surface area contributed by atoms with Crippen molar-refractivity contribution in [3.63, 3.8) is 0 Å². The zero-order chi connectivity index (χ0) is 13.6. The summed E-state index contributed by atoms with van der Waals surface area (Å²) in [5, 5.41) is 11.6. The van der Waals surface area contributed by atoms with Crippen molar-refractivity contribution in [1.29, 1.82) is 0 Å². The van der Waals surface area contributed by atoms with Gasteiger partial charge in [-0.3, -0.25) is 0 Å². The number of benzene rings is 2. The molecule has 0 aromatic heterocycles. The van der Waals surface area contributed by atoms with E-state index in [0.717, 1.165) is 22.3 Å². The summed E-state index contributed by atoms with van der Waals surface area (Å²) in [7, 11) is 0. The maximum atomic E-state index is 10.9. The summed E-state index contributed by atoms with van der Waals surface area (Å²) in [5.41, 5.74) is 2.58. The van der Waals surface area contributed by atoms with Gasteiger partial charge in [0.15, 0.2) is 5.60 Å². The predicted molar refractivity (Wildman–Crippen MR) is 75.9 cm³/mol. The fraction of sp³-hybridized carbons (Fsp3) is 0.250. The van der Waals surface area contributed by atoms with Crippen LogP contribution < -0.4 is 4.74 Å². The second kappa shape index (κ2) is 4.26. The van der Waals surface area contributed by atoms with Crippen LogP contribution in [0, 0.1) is 13.8 Å². The van der Waals surface area contributed by atoms with Crippen molar-refractivity contribution in [2.24, 2.45) is 0 Å². The van der Waals surface area contributed by atoms with Gasteiger partial charge in [0.05, 0.1) is 0 Å². The van der Waals surface area contributed by atoms with E-state index >= 15 is 0 Å². The molecule has 0 amide bonds. The molecule has 0 radical (unpaired) electrons. The monoisotopic (exact) mass is 274 g/mol. The molecule has 0 aliphatic carbocycles. The first-order valence-electron chi connectivity index (χ1n) is 6.24. The van der Waals surface area contributed by atoms with Crippen LogP contribution in [0.15, 0.2) is 36.4 Å². The van der Waals surface area contributed by atoms with E-state index in [9.17, 15) is 5.11 Å². The Balaban J connectivity index is 2.14. The molecule has 0 spiro atoms. The Morgan fingerprint density at radius 3 is 2.53 bits per heavy atom. The molecule has 2 aromatic carbocycles. The second-order valence-electron chi connectivity index (χ2n) is 5.11. The van der Waals surface area contributed by atoms with E-state index in [1.807, 2.05) is 44.2 Å². The van der Waals surface area contributed by atoms with Crippen molar-refractivity contribution in [3.05, 3.63) is 63.7 Å². The molecule has 2 aromatic rings. The average molecular weight is 275 g/mol. The van der Waals surface area contributed by atoms with Crippen molar-refractivity contribution >= 4 is 11.6 Å². The SMILES string of the molecule is Cc1ccc(C2(O)COc3cc(C)c(Cl)cc32)cc1. The van der Waals surface area contributed by atoms with Gasteiger partial charge in [-0.15, -0.1) is 0 Å². The maximum Gasteiger partial charge on any atom is 0.152 e. The Morgan fingerprint density at radius 1 is 1.16 bits per heavy atom. The normalized spacial score (nSPS) is 21.1. The first-order valence-corrected chi connectivity index (χ1v) is 6.61. The molecule has 0 bridgehead atoms. The van der Waals surface area contributed by atoms with Crippen LogP contribution in [0.1, 0.15) is 22.3 Å². The van der Waals surface area contributed by atoms with Crippen molar-refractivity contribution in [2.75, 3.05) is 6.61 Å². The standard InChI is InChI=1S/C16H15ClO2/c1-10-3-5-12(6-4-10)16(18)9-19-15-7-11(2)14(17)8-13(15)16/h3-8,18H,9H2,1-2H3. The van der Waals surface area contributed by atoms with Crippen LogP contribution in [-0.2, 0) is 5.60 Å². The molecule has 0 saturated carbocycles. The highest BCUT2D eigenvalue weighted by molar-refractivity contribution is 6.31. The van der Waals surface area contributed by atoms with Gasteiger partial charge in [0.1, 0.15) is 12.4 Å². The number of aryl methyl sites for hydroxylation is 2. The van der Waals surface area contributed by atoms with Gasteiger partial charge in [0.2, 0.25) is 0 Å². The Labute approximate surface area is 117 Å². The average Bonchev–Trinajstić information content (AvgIpc) is 2.70. The van der Waals surface area contributed by atoms with Crippen molar-refractivity contribution in [1.82, 2.24) is 0 Å². The Morgan fingerprint density at radius 2 is 1.84 bits per heavy atom. The van der Waals surface area contributed by atoms with E-state index in [1.165, 1.54) is 0 Å². The molecule has 1 aliphatic heterocycles. The third kappa shape index (κ3) is 1.92. The first-order chi connectivity index (χ1) is 9.00. The summed E-state index contributed by atoms with van der Waals surface area (Å²) in [4.78, 5) is 0. The van der Waals surface area contributed by atoms with Crippen LogP contribution in [0.5, 0.6) is 5.75 Å². The maximum absolute atomic E-state index is 10.9. The zero-order valence-corrected chi connectivity index (χ0v) is 11.7. The molecule has 1 atom stereocenters. The van der Waals surface area contributed by atoms with Gasteiger partial charge in [-0.2, -0.15) is 0 Å². The van der Waals surface area contributed by atoms with E-state index in [4.69, 9.17) is 16.3 Å². The van der Waals surface area contributed by atoms with Gasteiger partial charge in [0.25, 0.3) is 0 Å². The molecule has 19 heavy (non-hydrogen) atoms. The predicted octanol–water partition coefficient (Wildman–Crippen LogP) is 3.59. The number of fused-ring (bicyclic) bond motifs is 1. The van der Waals surface area contributed by atoms with Crippen molar-refractivity contribution in [2.45, 2.75) is 19.4 Å². The number of ether oxygens (including phenoxy) is 1. The van der Waals surface area contributed by atoms with Crippen LogP contribution in [0.3, 0.4) is 0 Å². The lowest BCUT2D eigenvalue weighted by atomic mass is 9.87. The molecular weight excluding hydrogens is 260 g/mol. The third-order valence-electron chi connectivity index (χ3n) is 3.67. The minimum absolute atomic E-state index is 0.227. The van der Waals surface area contributed by atoms with Gasteiger partial charge < -0.3 is 9.84 Å². The van der Waals surface area contributed by atoms with E-state index in [-0.39, 0.29) is 6.61 Å². The molecule has 98 valence electrons. The van der Waals surface area contributed by atoms with Crippen LogP contribution in [0.4, 0.5) is 0 Å². The molecule has 1 unspecified atom stereocenters. The van der Waals surface area contributed by atoms with Gasteiger partial charge in [0, 0.05) is 10.6 Å². The third-order valence-corrected chi connectivity index (χ3v) is 4.08. The summed E-state index contributed by atoms with van der Waals surface area (Å²) in [6, 6.07) is 11.5. The summed E-state index contributed by atoms with van der Waals surface area (Å²) < 4.78 is 5.63. The largest absolute Gasteiger partial charge is 0.489 e. The Hall–Kier alpha value is -1.51. The first kappa shape index (κ1) is 12.5. The number of halogens is 1. The van der Waals surface area contributed by atoms with Crippen molar-refractivity contribution < 1.29 is 9.84 Å². The Kier molecular flexibility index (Phi) is 2.80. The Bertz CT molecular complexity index is 634. The topological polar surface area (TPSA) is 29.5 Å². The van der Waals surface area contributed by atoms with Crippen LogP contribution >= 0.6 is 11.6 Å². The molecule has 1 aliphatic rings. The quantitative estimate of drug-likeness (QED) is 0.861. The smallest absolute Gasteiger partial charge is 0.152 e. The highest BCUT2D eigenvalue weighted by Gasteiger charge is 2.40. The minimum atomic E-state index is -1.11. The molecule has 0 fully saturated rings. The molecular formula is C16H15ClO2. The highest BCUT2D eigenvalue weighted by atomic mass is 35.5. The van der Waals surface area contributed by atoms with Crippen LogP contribution in [0.25, 0.3) is 0 Å². The summed E-state index contributed by atoms with van der Waals surface area (Å²) in [6.45, 7) is 4.17. The lowest BCUT2D eigenvalue weighted by molar-refractivity contribution is 0.0559. The lowest BCUT2D eigenvalue weighted by Gasteiger charge is -2.22. The van der Waals surface area contributed by atoms with E-state index < -0.39 is 5.60 Å². The summed E-state index contributed by atoms with van der Waals surface area (Å²) >= 11 is 6.17. The number of rotatable bonds is 1. The molecule has 3 heteroatoms. The number of aliphatic hydroxyl groups is 1. The summed E-state index contributed by atoms with van der Waals surface area (Å²) in [5.74, 6) is 0.713. The highest BCUT2D eigenvalue weighted by Crippen LogP contribution is 2.43.